The van der Waals surface area contributed by atoms with Crippen molar-refractivity contribution in [1.82, 2.24) is 10.6 Å². The predicted molar refractivity (Wildman–Crippen MR) is 133 cm³/mol. The van der Waals surface area contributed by atoms with Gasteiger partial charge in [0, 0.05) is 18.7 Å². The number of aliphatic hydroxyl groups excluding tert-OH is 2. The van der Waals surface area contributed by atoms with E-state index in [-0.39, 0.29) is 30.0 Å². The van der Waals surface area contributed by atoms with E-state index in [0.717, 1.165) is 35.7 Å². The summed E-state index contributed by atoms with van der Waals surface area (Å²) in [6.07, 6.45) is -0.518. The molecule has 0 radical (unpaired) electrons. The first-order chi connectivity index (χ1) is 16.8. The summed E-state index contributed by atoms with van der Waals surface area (Å²) in [4.78, 5) is 12.7. The standard InChI is InChI=1S/C26H34F2N2O5S/c1-4-16-5-6-18-13-36(34,35)14-23(21(18)9-16)29-12-24(32)22(30-25(33)26(2,3)15-31)10-17-7-19(27)11-20(28)8-17/h5-9,11,22-24,29,31-32H,4,10,12-15H2,1-3H3,(H,30,33)/t22-,23-,24+/m0/s1. The van der Waals surface area contributed by atoms with Gasteiger partial charge in [-0.1, -0.05) is 25.1 Å². The lowest BCUT2D eigenvalue weighted by Crippen LogP contribution is -2.53. The van der Waals surface area contributed by atoms with E-state index in [2.05, 4.69) is 10.6 Å². The van der Waals surface area contributed by atoms with Crippen LogP contribution in [0.25, 0.3) is 0 Å². The molecule has 198 valence electrons. The molecular weight excluding hydrogens is 490 g/mol. The maximum absolute atomic E-state index is 13.8. The Morgan fingerprint density at radius 1 is 1.14 bits per heavy atom. The zero-order valence-corrected chi connectivity index (χ0v) is 21.5. The van der Waals surface area contributed by atoms with Gasteiger partial charge in [0.25, 0.3) is 0 Å². The van der Waals surface area contributed by atoms with Crippen molar-refractivity contribution in [2.24, 2.45) is 5.41 Å². The molecule has 36 heavy (non-hydrogen) atoms. The molecule has 0 aliphatic carbocycles. The van der Waals surface area contributed by atoms with Crippen molar-refractivity contribution in [2.45, 2.75) is 57.6 Å². The number of aliphatic hydroxyl groups is 2. The first kappa shape index (κ1) is 28.2. The molecule has 7 nitrogen and oxygen atoms in total. The molecule has 2 aromatic carbocycles. The van der Waals surface area contributed by atoms with E-state index in [1.165, 1.54) is 13.8 Å². The Morgan fingerprint density at radius 3 is 2.42 bits per heavy atom. The van der Waals surface area contributed by atoms with Crippen LogP contribution in [0.1, 0.15) is 49.1 Å². The van der Waals surface area contributed by atoms with Crippen LogP contribution in [-0.4, -0.2) is 55.6 Å². The SMILES string of the molecule is CCc1ccc2c(c1)[C@@H](NC[C@@H](O)[C@H](Cc1cc(F)cc(F)c1)NC(=O)C(C)(C)CO)CS(=O)(=O)C2. The Labute approximate surface area is 210 Å². The molecular formula is C26H34F2N2O5S. The maximum atomic E-state index is 13.8. The largest absolute Gasteiger partial charge is 0.395 e. The number of sulfone groups is 1. The number of carbonyl (C=O) groups is 1. The van der Waals surface area contributed by atoms with Gasteiger partial charge in [-0.2, -0.15) is 0 Å². The summed E-state index contributed by atoms with van der Waals surface area (Å²) >= 11 is 0. The predicted octanol–water partition coefficient (Wildman–Crippen LogP) is 2.19. The van der Waals surface area contributed by atoms with Crippen LogP contribution < -0.4 is 10.6 Å². The third-order valence-electron chi connectivity index (χ3n) is 6.53. The van der Waals surface area contributed by atoms with E-state index in [4.69, 9.17) is 0 Å². The van der Waals surface area contributed by atoms with Crippen LogP contribution in [0.5, 0.6) is 0 Å². The highest BCUT2D eigenvalue weighted by Gasteiger charge is 2.33. The molecule has 1 heterocycles. The highest BCUT2D eigenvalue weighted by Crippen LogP contribution is 2.29. The number of amides is 1. The van der Waals surface area contributed by atoms with Gasteiger partial charge < -0.3 is 20.8 Å². The summed E-state index contributed by atoms with van der Waals surface area (Å²) < 4.78 is 52.5. The summed E-state index contributed by atoms with van der Waals surface area (Å²) in [5, 5.41) is 26.4. The average Bonchev–Trinajstić information content (AvgIpc) is 2.80. The van der Waals surface area contributed by atoms with E-state index in [9.17, 15) is 32.2 Å². The Hall–Kier alpha value is -2.40. The lowest BCUT2D eigenvalue weighted by molar-refractivity contribution is -0.132. The zero-order valence-electron chi connectivity index (χ0n) is 20.7. The molecule has 10 heteroatoms. The molecule has 1 amide bonds. The number of rotatable bonds is 10. The quantitative estimate of drug-likeness (QED) is 0.379. The number of carbonyl (C=O) groups excluding carboxylic acids is 1. The van der Waals surface area contributed by atoms with Gasteiger partial charge in [-0.3, -0.25) is 4.79 Å². The Kier molecular flexibility index (Phi) is 8.87. The fourth-order valence-corrected chi connectivity index (χ4v) is 5.90. The summed E-state index contributed by atoms with van der Waals surface area (Å²) in [6, 6.07) is 7.13. The average molecular weight is 525 g/mol. The van der Waals surface area contributed by atoms with Crippen LogP contribution in [0.3, 0.4) is 0 Å². The third-order valence-corrected chi connectivity index (χ3v) is 8.12. The van der Waals surface area contributed by atoms with Crippen LogP contribution in [0.15, 0.2) is 36.4 Å². The van der Waals surface area contributed by atoms with Crippen molar-refractivity contribution in [1.29, 1.82) is 0 Å². The fraction of sp³-hybridized carbons (Fsp3) is 0.500. The Morgan fingerprint density at radius 2 is 1.81 bits per heavy atom. The minimum absolute atomic E-state index is 0.0485. The van der Waals surface area contributed by atoms with Crippen LogP contribution in [0.4, 0.5) is 8.78 Å². The van der Waals surface area contributed by atoms with Gasteiger partial charge in [0.15, 0.2) is 9.84 Å². The van der Waals surface area contributed by atoms with Crippen LogP contribution in [0, 0.1) is 17.0 Å². The Balaban J connectivity index is 1.82. The monoisotopic (exact) mass is 524 g/mol. The van der Waals surface area contributed by atoms with Crippen LogP contribution in [0.2, 0.25) is 0 Å². The maximum Gasteiger partial charge on any atom is 0.228 e. The van der Waals surface area contributed by atoms with Crippen molar-refractivity contribution in [3.8, 4) is 0 Å². The van der Waals surface area contributed by atoms with Crippen LogP contribution >= 0.6 is 0 Å². The van der Waals surface area contributed by atoms with Crippen molar-refractivity contribution in [3.63, 3.8) is 0 Å². The highest BCUT2D eigenvalue weighted by atomic mass is 32.2. The van der Waals surface area contributed by atoms with E-state index in [1.54, 1.807) is 0 Å². The van der Waals surface area contributed by atoms with E-state index >= 15 is 0 Å². The first-order valence-corrected chi connectivity index (χ1v) is 13.8. The number of nitrogens with one attached hydrogen (secondary N) is 2. The van der Waals surface area contributed by atoms with Gasteiger partial charge >= 0.3 is 0 Å². The molecule has 1 aliphatic rings. The lowest BCUT2D eigenvalue weighted by atomic mass is 9.92. The molecule has 0 fully saturated rings. The fourth-order valence-electron chi connectivity index (χ4n) is 4.24. The van der Waals surface area contributed by atoms with Gasteiger partial charge in [0.05, 0.1) is 35.7 Å². The van der Waals surface area contributed by atoms with Gasteiger partial charge in [-0.25, -0.2) is 17.2 Å². The number of fused-ring (bicyclic) bond motifs is 1. The normalized spacial score (nSPS) is 18.8. The molecule has 3 atom stereocenters. The molecule has 2 aromatic rings. The molecule has 0 bridgehead atoms. The summed E-state index contributed by atoms with van der Waals surface area (Å²) in [6.45, 7) is 4.54. The van der Waals surface area contributed by atoms with Gasteiger partial charge in [-0.05, 0) is 61.1 Å². The van der Waals surface area contributed by atoms with E-state index in [1.807, 2.05) is 25.1 Å². The van der Waals surface area contributed by atoms with Gasteiger partial charge in [-0.15, -0.1) is 0 Å². The van der Waals surface area contributed by atoms with Gasteiger partial charge in [0.2, 0.25) is 5.91 Å². The second-order valence-electron chi connectivity index (χ2n) is 10.1. The topological polar surface area (TPSA) is 116 Å². The molecule has 3 rings (SSSR count). The minimum atomic E-state index is -3.36. The zero-order chi connectivity index (χ0) is 26.7. The second-order valence-corrected chi connectivity index (χ2v) is 12.2. The number of benzene rings is 2. The van der Waals surface area contributed by atoms with Crippen LogP contribution in [-0.2, 0) is 33.2 Å². The third kappa shape index (κ3) is 7.09. The van der Waals surface area contributed by atoms with Crippen molar-refractivity contribution >= 4 is 15.7 Å². The van der Waals surface area contributed by atoms with Gasteiger partial charge in [0.1, 0.15) is 11.6 Å². The minimum Gasteiger partial charge on any atom is -0.395 e. The summed E-state index contributed by atoms with van der Waals surface area (Å²) in [5.74, 6) is -2.29. The summed E-state index contributed by atoms with van der Waals surface area (Å²) in [5.41, 5.74) is 1.70. The number of aryl methyl sites for hydroxylation is 1. The molecule has 0 unspecified atom stereocenters. The molecule has 4 N–H and O–H groups in total. The smallest absolute Gasteiger partial charge is 0.228 e. The number of hydrogen-bond donors (Lipinski definition) is 4. The van der Waals surface area contributed by atoms with E-state index < -0.39 is 57.6 Å². The van der Waals surface area contributed by atoms with E-state index in [0.29, 0.717) is 5.56 Å². The number of halogens is 2. The highest BCUT2D eigenvalue weighted by molar-refractivity contribution is 7.90. The Bertz CT molecular complexity index is 1180. The van der Waals surface area contributed by atoms with Crippen molar-refractivity contribution < 1.29 is 32.2 Å². The molecule has 0 aromatic heterocycles. The molecule has 0 saturated carbocycles. The van der Waals surface area contributed by atoms with Crippen molar-refractivity contribution in [3.05, 3.63) is 70.3 Å². The molecule has 0 spiro atoms. The van der Waals surface area contributed by atoms with Crippen molar-refractivity contribution in [2.75, 3.05) is 18.9 Å². The first-order valence-electron chi connectivity index (χ1n) is 11.9. The lowest BCUT2D eigenvalue weighted by Gasteiger charge is -2.32. The summed E-state index contributed by atoms with van der Waals surface area (Å²) in [7, 11) is -3.36. The second kappa shape index (κ2) is 11.3. The molecule has 0 saturated heterocycles. The molecule has 1 aliphatic heterocycles. The number of hydrogen-bond acceptors (Lipinski definition) is 6.